The Hall–Kier alpha value is -1.20. The van der Waals surface area contributed by atoms with E-state index in [1.165, 1.54) is 19.3 Å². The van der Waals surface area contributed by atoms with Crippen LogP contribution in [0.5, 0.6) is 5.75 Å². The maximum Gasteiger partial charge on any atom is 0.131 e. The maximum atomic E-state index is 7.76. The number of hydrogen-bond acceptors (Lipinski definition) is 4. The number of nitrogens with two attached hydrogens (primary N) is 1. The number of piperidine rings is 1. The number of ether oxygens (including phenoxy) is 1. The molecule has 0 bridgehead atoms. The molecule has 1 fully saturated rings. The van der Waals surface area contributed by atoms with Gasteiger partial charge in [0.2, 0.25) is 0 Å². The van der Waals surface area contributed by atoms with E-state index in [1.807, 2.05) is 24.5 Å². The smallest absolute Gasteiger partial charge is 0.131 e. The van der Waals surface area contributed by atoms with Gasteiger partial charge in [-0.05, 0) is 44.8 Å². The van der Waals surface area contributed by atoms with E-state index in [-0.39, 0.29) is 5.84 Å². The lowest BCUT2D eigenvalue weighted by atomic mass is 10.0. The highest BCUT2D eigenvalue weighted by atomic mass is 32.2. The second-order valence-corrected chi connectivity index (χ2v) is 6.04. The number of likely N-dealkylation sites (N-methyl/N-ethyl adjacent to an activating group) is 1. The number of thioether (sulfide) groups is 1. The van der Waals surface area contributed by atoms with Gasteiger partial charge >= 0.3 is 0 Å². The van der Waals surface area contributed by atoms with Gasteiger partial charge in [-0.25, -0.2) is 0 Å². The van der Waals surface area contributed by atoms with Crippen molar-refractivity contribution in [3.63, 3.8) is 0 Å². The Kier molecular flexibility index (Phi) is 5.31. The highest BCUT2D eigenvalue weighted by Crippen LogP contribution is 2.29. The van der Waals surface area contributed by atoms with Gasteiger partial charge in [0, 0.05) is 10.9 Å². The minimum Gasteiger partial charge on any atom is -0.491 e. The third-order valence-corrected chi connectivity index (χ3v) is 4.61. The second kappa shape index (κ2) is 6.99. The van der Waals surface area contributed by atoms with Crippen LogP contribution < -0.4 is 10.5 Å². The summed E-state index contributed by atoms with van der Waals surface area (Å²) in [6.07, 6.45) is 5.70. The minimum atomic E-state index is 0.0712. The second-order valence-electron chi connectivity index (χ2n) is 5.19. The van der Waals surface area contributed by atoms with Gasteiger partial charge in [-0.2, -0.15) is 0 Å². The molecule has 20 heavy (non-hydrogen) atoms. The number of benzene rings is 1. The van der Waals surface area contributed by atoms with E-state index in [1.54, 1.807) is 11.8 Å². The molecular formula is C15H23N3OS. The Labute approximate surface area is 125 Å². The van der Waals surface area contributed by atoms with Crippen molar-refractivity contribution in [3.05, 3.63) is 23.8 Å². The first-order valence-electron chi connectivity index (χ1n) is 6.98. The molecule has 4 nitrogen and oxygen atoms in total. The molecule has 1 aromatic rings. The molecule has 2 rings (SSSR count). The van der Waals surface area contributed by atoms with E-state index >= 15 is 0 Å². The summed E-state index contributed by atoms with van der Waals surface area (Å²) >= 11 is 1.59. The van der Waals surface area contributed by atoms with Gasteiger partial charge in [0.1, 0.15) is 18.2 Å². The summed E-state index contributed by atoms with van der Waals surface area (Å²) in [4.78, 5) is 3.35. The summed E-state index contributed by atoms with van der Waals surface area (Å²) in [5, 5.41) is 7.76. The molecule has 0 amide bonds. The highest BCUT2D eigenvalue weighted by Gasteiger charge is 2.20. The lowest BCUT2D eigenvalue weighted by molar-refractivity contribution is 0.125. The van der Waals surface area contributed by atoms with Crippen LogP contribution in [-0.2, 0) is 0 Å². The maximum absolute atomic E-state index is 7.76. The Balaban J connectivity index is 2.10. The zero-order valence-corrected chi connectivity index (χ0v) is 13.0. The Morgan fingerprint density at radius 1 is 1.50 bits per heavy atom. The number of hydrogen-bond donors (Lipinski definition) is 2. The van der Waals surface area contributed by atoms with Crippen LogP contribution in [0.4, 0.5) is 0 Å². The zero-order chi connectivity index (χ0) is 14.5. The number of likely N-dealkylation sites (tertiary alicyclic amines) is 1. The number of amidine groups is 1. The monoisotopic (exact) mass is 293 g/mol. The van der Waals surface area contributed by atoms with Crippen molar-refractivity contribution in [1.82, 2.24) is 4.90 Å². The SMILES string of the molecule is CSc1cccc(OCC2CCCCN2C)c1C(=N)N. The standard InChI is InChI=1S/C15H23N3OS/c1-18-9-4-3-6-11(18)10-19-12-7-5-8-13(20-2)14(12)15(16)17/h5,7-8,11H,3-4,6,9-10H2,1-2H3,(H3,16,17). The lowest BCUT2D eigenvalue weighted by Crippen LogP contribution is -2.40. The summed E-state index contributed by atoms with van der Waals surface area (Å²) in [5.74, 6) is 0.797. The first kappa shape index (κ1) is 15.2. The highest BCUT2D eigenvalue weighted by molar-refractivity contribution is 7.98. The Bertz CT molecular complexity index is 478. The predicted molar refractivity (Wildman–Crippen MR) is 85.0 cm³/mol. The van der Waals surface area contributed by atoms with Crippen molar-refractivity contribution in [2.75, 3.05) is 26.5 Å². The normalized spacial score (nSPS) is 19.8. The molecule has 110 valence electrons. The number of nitrogen functional groups attached to an aromatic ring is 1. The molecule has 0 spiro atoms. The van der Waals surface area contributed by atoms with Crippen molar-refractivity contribution in [3.8, 4) is 5.75 Å². The van der Waals surface area contributed by atoms with Gasteiger partial charge in [0.05, 0.1) is 5.56 Å². The van der Waals surface area contributed by atoms with E-state index in [9.17, 15) is 0 Å². The van der Waals surface area contributed by atoms with Gasteiger partial charge in [-0.15, -0.1) is 11.8 Å². The average molecular weight is 293 g/mol. The van der Waals surface area contributed by atoms with Gasteiger partial charge in [0.25, 0.3) is 0 Å². The van der Waals surface area contributed by atoms with E-state index in [4.69, 9.17) is 15.9 Å². The Morgan fingerprint density at radius 2 is 2.30 bits per heavy atom. The van der Waals surface area contributed by atoms with E-state index in [0.717, 1.165) is 22.8 Å². The molecule has 5 heteroatoms. The molecule has 0 aliphatic carbocycles. The van der Waals surface area contributed by atoms with Crippen LogP contribution in [0.3, 0.4) is 0 Å². The van der Waals surface area contributed by atoms with Crippen molar-refractivity contribution >= 4 is 17.6 Å². The first-order chi connectivity index (χ1) is 9.63. The summed E-state index contributed by atoms with van der Waals surface area (Å²) in [6.45, 7) is 1.80. The van der Waals surface area contributed by atoms with E-state index < -0.39 is 0 Å². The molecule has 1 aromatic carbocycles. The topological polar surface area (TPSA) is 62.3 Å². The number of nitrogens with zero attached hydrogens (tertiary/aromatic N) is 1. The van der Waals surface area contributed by atoms with Gasteiger partial charge < -0.3 is 15.4 Å². The molecule has 1 heterocycles. The van der Waals surface area contributed by atoms with E-state index in [2.05, 4.69) is 11.9 Å². The zero-order valence-electron chi connectivity index (χ0n) is 12.2. The molecular weight excluding hydrogens is 270 g/mol. The van der Waals surface area contributed by atoms with Gasteiger partial charge in [0.15, 0.2) is 0 Å². The van der Waals surface area contributed by atoms with Crippen LogP contribution in [0, 0.1) is 5.41 Å². The quantitative estimate of drug-likeness (QED) is 0.497. The van der Waals surface area contributed by atoms with Crippen molar-refractivity contribution in [1.29, 1.82) is 5.41 Å². The van der Waals surface area contributed by atoms with Crippen molar-refractivity contribution in [2.45, 2.75) is 30.2 Å². The van der Waals surface area contributed by atoms with Crippen LogP contribution in [0.2, 0.25) is 0 Å². The predicted octanol–water partition coefficient (Wildman–Crippen LogP) is 2.56. The Morgan fingerprint density at radius 3 is 2.95 bits per heavy atom. The van der Waals surface area contributed by atoms with Crippen LogP contribution >= 0.6 is 11.8 Å². The molecule has 1 aliphatic heterocycles. The molecule has 1 aliphatic rings. The molecule has 1 unspecified atom stereocenters. The molecule has 0 aromatic heterocycles. The van der Waals surface area contributed by atoms with Crippen LogP contribution in [0.25, 0.3) is 0 Å². The van der Waals surface area contributed by atoms with Crippen molar-refractivity contribution < 1.29 is 4.74 Å². The van der Waals surface area contributed by atoms with Gasteiger partial charge in [-0.1, -0.05) is 12.5 Å². The summed E-state index contributed by atoms with van der Waals surface area (Å²) < 4.78 is 5.98. The minimum absolute atomic E-state index is 0.0712. The third kappa shape index (κ3) is 3.46. The van der Waals surface area contributed by atoms with Gasteiger partial charge in [-0.3, -0.25) is 5.41 Å². The first-order valence-corrected chi connectivity index (χ1v) is 8.20. The fourth-order valence-corrected chi connectivity index (χ4v) is 3.24. The molecule has 1 saturated heterocycles. The summed E-state index contributed by atoms with van der Waals surface area (Å²) in [6, 6.07) is 6.29. The molecule has 0 radical (unpaired) electrons. The lowest BCUT2D eigenvalue weighted by Gasteiger charge is -2.32. The van der Waals surface area contributed by atoms with Crippen LogP contribution in [-0.4, -0.2) is 43.2 Å². The molecule has 3 N–H and O–H groups in total. The molecule has 1 atom stereocenters. The summed E-state index contributed by atoms with van der Waals surface area (Å²) in [5.41, 5.74) is 6.43. The average Bonchev–Trinajstić information content (AvgIpc) is 2.45. The fraction of sp³-hybridized carbons (Fsp3) is 0.533. The van der Waals surface area contributed by atoms with Crippen LogP contribution in [0.15, 0.2) is 23.1 Å². The largest absolute Gasteiger partial charge is 0.491 e. The van der Waals surface area contributed by atoms with Crippen LogP contribution in [0.1, 0.15) is 24.8 Å². The van der Waals surface area contributed by atoms with E-state index in [0.29, 0.717) is 12.6 Å². The molecule has 0 saturated carbocycles. The van der Waals surface area contributed by atoms with Crippen molar-refractivity contribution in [2.24, 2.45) is 5.73 Å². The third-order valence-electron chi connectivity index (χ3n) is 3.83. The summed E-state index contributed by atoms with van der Waals surface area (Å²) in [7, 11) is 2.15. The number of nitrogens with one attached hydrogen (secondary N) is 1. The number of rotatable bonds is 5. The fourth-order valence-electron chi connectivity index (χ4n) is 2.61.